The third kappa shape index (κ3) is 4.61. The fourth-order valence-corrected chi connectivity index (χ4v) is 2.38. The average Bonchev–Trinajstić information content (AvgIpc) is 3.08. The SMILES string of the molecule is Nc1c2ncnc-2ncn1OC1C[C@H](OCP(=O)(O)O)CO1.[NaH]. The van der Waals surface area contributed by atoms with Crippen LogP contribution < -0.4 is 10.6 Å². The van der Waals surface area contributed by atoms with E-state index in [0.29, 0.717) is 17.9 Å². The molecule has 122 valence electrons. The van der Waals surface area contributed by atoms with E-state index in [9.17, 15) is 4.57 Å². The first-order valence-corrected chi connectivity index (χ1v) is 8.10. The number of ether oxygens (including phenoxy) is 2. The van der Waals surface area contributed by atoms with E-state index < -0.39 is 26.3 Å². The van der Waals surface area contributed by atoms with E-state index in [4.69, 9.17) is 29.8 Å². The van der Waals surface area contributed by atoms with E-state index in [-0.39, 0.29) is 42.0 Å². The van der Waals surface area contributed by atoms with Gasteiger partial charge >= 0.3 is 37.2 Å². The number of hydrogen-bond acceptors (Lipinski definition) is 8. The molecule has 1 saturated heterocycles. The van der Waals surface area contributed by atoms with Gasteiger partial charge in [0.1, 0.15) is 19.0 Å². The quantitative estimate of drug-likeness (QED) is 0.422. The molecule has 2 atom stereocenters. The third-order valence-corrected chi connectivity index (χ3v) is 3.46. The molecular weight excluding hydrogens is 340 g/mol. The topological polar surface area (TPSA) is 155 Å². The molecule has 0 aliphatic carbocycles. The summed E-state index contributed by atoms with van der Waals surface area (Å²) in [5, 5.41) is 0. The normalized spacial score (nSPS) is 21.3. The molecule has 13 heteroatoms. The molecule has 0 saturated carbocycles. The van der Waals surface area contributed by atoms with Crippen LogP contribution in [0.4, 0.5) is 5.82 Å². The summed E-state index contributed by atoms with van der Waals surface area (Å²) in [6.07, 6.45) is 1.21. The van der Waals surface area contributed by atoms with E-state index in [1.807, 2.05) is 0 Å². The minimum absolute atomic E-state index is 0. The van der Waals surface area contributed by atoms with Gasteiger partial charge in [0, 0.05) is 6.42 Å². The predicted octanol–water partition coefficient (Wildman–Crippen LogP) is -1.59. The second-order valence-electron chi connectivity index (χ2n) is 4.69. The fourth-order valence-electron chi connectivity index (χ4n) is 1.98. The van der Waals surface area contributed by atoms with Gasteiger partial charge in [0.15, 0.2) is 17.3 Å². The van der Waals surface area contributed by atoms with Gasteiger partial charge in [-0.1, -0.05) is 0 Å². The van der Waals surface area contributed by atoms with Crippen molar-refractivity contribution in [1.29, 1.82) is 0 Å². The molecular formula is C10H15N5NaO6P. The number of hydrogen-bond donors (Lipinski definition) is 3. The molecule has 3 aliphatic rings. The van der Waals surface area contributed by atoms with Crippen LogP contribution in [0.25, 0.3) is 11.5 Å². The zero-order valence-electron chi connectivity index (χ0n) is 11.3. The Morgan fingerprint density at radius 3 is 2.96 bits per heavy atom. The number of anilines is 1. The van der Waals surface area contributed by atoms with Crippen molar-refractivity contribution in [3.8, 4) is 11.5 Å². The first-order valence-electron chi connectivity index (χ1n) is 6.31. The molecule has 4 N–H and O–H groups in total. The number of nitrogens with two attached hydrogens (primary N) is 1. The molecule has 3 rings (SSSR count). The average molecular weight is 355 g/mol. The Hall–Kier alpha value is -0.780. The van der Waals surface area contributed by atoms with Crippen LogP contribution in [0.3, 0.4) is 0 Å². The summed E-state index contributed by atoms with van der Waals surface area (Å²) in [5.41, 5.74) is 6.31. The van der Waals surface area contributed by atoms with Crippen LogP contribution in [0.5, 0.6) is 0 Å². The molecule has 1 fully saturated rings. The summed E-state index contributed by atoms with van der Waals surface area (Å²) in [6.45, 7) is 0.164. The van der Waals surface area contributed by atoms with Gasteiger partial charge in [0.25, 0.3) is 0 Å². The van der Waals surface area contributed by atoms with Crippen molar-refractivity contribution in [2.45, 2.75) is 18.8 Å². The Labute approximate surface area is 152 Å². The molecule has 0 bridgehead atoms. The summed E-state index contributed by atoms with van der Waals surface area (Å²) >= 11 is 0. The molecule has 1 unspecified atom stereocenters. The van der Waals surface area contributed by atoms with Gasteiger partial charge in [-0.2, -0.15) is 4.73 Å². The third-order valence-electron chi connectivity index (χ3n) is 2.98. The number of nitrogens with zero attached hydrogens (tertiary/aromatic N) is 4. The van der Waals surface area contributed by atoms with Gasteiger partial charge in [-0.05, 0) is 0 Å². The van der Waals surface area contributed by atoms with E-state index in [2.05, 4.69) is 15.0 Å². The molecule has 0 amide bonds. The zero-order valence-corrected chi connectivity index (χ0v) is 12.2. The van der Waals surface area contributed by atoms with Crippen LogP contribution in [0.15, 0.2) is 12.7 Å². The van der Waals surface area contributed by atoms with Gasteiger partial charge in [0.05, 0.1) is 12.7 Å². The summed E-state index contributed by atoms with van der Waals surface area (Å²) in [4.78, 5) is 35.0. The molecule has 0 aromatic carbocycles. The predicted molar refractivity (Wildman–Crippen MR) is 78.7 cm³/mol. The molecule has 0 spiro atoms. The number of imidazole rings is 1. The van der Waals surface area contributed by atoms with Gasteiger partial charge in [-0.3, -0.25) is 4.57 Å². The molecule has 0 aromatic heterocycles. The van der Waals surface area contributed by atoms with Gasteiger partial charge in [-0.25, -0.2) is 15.0 Å². The van der Waals surface area contributed by atoms with Crippen molar-refractivity contribution in [2.24, 2.45) is 0 Å². The van der Waals surface area contributed by atoms with Crippen molar-refractivity contribution in [1.82, 2.24) is 19.7 Å². The Kier molecular flexibility index (Phi) is 5.98. The molecule has 3 heterocycles. The molecule has 0 aromatic rings. The maximum absolute atomic E-state index is 10.8. The first-order chi connectivity index (χ1) is 10.4. The van der Waals surface area contributed by atoms with Crippen molar-refractivity contribution in [3.63, 3.8) is 0 Å². The van der Waals surface area contributed by atoms with Gasteiger partial charge < -0.3 is 29.8 Å². The van der Waals surface area contributed by atoms with Gasteiger partial charge in [0.2, 0.25) is 6.29 Å². The van der Waals surface area contributed by atoms with Crippen LogP contribution in [-0.2, 0) is 14.0 Å². The van der Waals surface area contributed by atoms with Crippen molar-refractivity contribution in [2.75, 3.05) is 18.7 Å². The van der Waals surface area contributed by atoms with Crippen LogP contribution in [0.2, 0.25) is 0 Å². The van der Waals surface area contributed by atoms with Crippen LogP contribution in [0, 0.1) is 0 Å². The van der Waals surface area contributed by atoms with Crippen molar-refractivity contribution < 1.29 is 28.7 Å². The maximum atomic E-state index is 10.8. The zero-order chi connectivity index (χ0) is 15.7. The monoisotopic (exact) mass is 355 g/mol. The van der Waals surface area contributed by atoms with Crippen molar-refractivity contribution >= 4 is 43.0 Å². The van der Waals surface area contributed by atoms with E-state index in [1.54, 1.807) is 0 Å². The Morgan fingerprint density at radius 2 is 2.22 bits per heavy atom. The fraction of sp³-hybridized carbons (Fsp3) is 0.500. The number of aromatic nitrogens is 4. The summed E-state index contributed by atoms with van der Waals surface area (Å²) in [7, 11) is -4.20. The molecule has 23 heavy (non-hydrogen) atoms. The van der Waals surface area contributed by atoms with E-state index in [1.165, 1.54) is 17.4 Å². The van der Waals surface area contributed by atoms with Crippen LogP contribution >= 0.6 is 7.60 Å². The molecule has 0 radical (unpaired) electrons. The van der Waals surface area contributed by atoms with Crippen molar-refractivity contribution in [3.05, 3.63) is 12.7 Å². The Bertz CT molecular complexity index is 680. The van der Waals surface area contributed by atoms with E-state index >= 15 is 0 Å². The minimum atomic E-state index is -4.20. The second-order valence-corrected chi connectivity index (χ2v) is 6.28. The van der Waals surface area contributed by atoms with Crippen LogP contribution in [0.1, 0.15) is 6.42 Å². The summed E-state index contributed by atoms with van der Waals surface area (Å²) < 4.78 is 22.4. The summed E-state index contributed by atoms with van der Waals surface area (Å²) in [5.74, 6) is 0.637. The van der Waals surface area contributed by atoms with E-state index in [0.717, 1.165) is 0 Å². The first kappa shape index (κ1) is 18.6. The van der Waals surface area contributed by atoms with Crippen LogP contribution in [-0.4, -0.2) is 84.4 Å². The summed E-state index contributed by atoms with van der Waals surface area (Å²) in [6, 6.07) is 0. The van der Waals surface area contributed by atoms with Gasteiger partial charge in [-0.15, -0.1) is 0 Å². The number of rotatable bonds is 5. The number of nitrogen functional groups attached to an aromatic ring is 1. The second kappa shape index (κ2) is 7.41. The number of fused-ring (bicyclic) bond motifs is 1. The molecule has 11 nitrogen and oxygen atoms in total. The molecule has 3 aliphatic heterocycles. The Balaban J connectivity index is 0.00000192. The Morgan fingerprint density at radius 1 is 1.43 bits per heavy atom. The standard InChI is InChI=1S/C10H14N5O6P.Na.H/c11-9-8-10(13-3-12-8)14-4-15(9)21-7-1-6(2-19-7)20-5-22(16,17)18;;/h3-4,6-7H,1-2,5,11H2,(H2,16,17,18);;/t6-,7?;;/m0../s1.